The molecule has 2 aliphatic carbocycles. The normalized spacial score (nSPS) is 45.9. The lowest BCUT2D eigenvalue weighted by Crippen LogP contribution is -2.59. The molecule has 1 fully saturated rings. The van der Waals surface area contributed by atoms with Crippen LogP contribution in [0, 0.1) is 11.3 Å². The fraction of sp³-hybridized carbons (Fsp3) is 0.722. The Morgan fingerprint density at radius 2 is 2.00 bits per heavy atom. The number of ether oxygens (including phenoxy) is 1. The van der Waals surface area contributed by atoms with E-state index in [1.54, 1.807) is 0 Å². The first-order chi connectivity index (χ1) is 9.30. The standard InChI is InChI=1S/C18H28NO/c1-7-15-19(13(2)3)18(6)16(4)11-9-8-10-14(16)12-17(18,5)20-15/h8-11,13-14H,7,12H2,1-6H3/q+1/t14?,16?,17-,18+/m1/s1. The summed E-state index contributed by atoms with van der Waals surface area (Å²) in [5.74, 6) is 1.75. The SMILES string of the molecule is CCC1=[N+](C(C)C)[C@@]2(C)C3(C)C=CC=CC3C[C@@]2(C)O1. The zero-order chi connectivity index (χ0) is 14.8. The molecule has 0 saturated heterocycles. The third kappa shape index (κ3) is 1.33. The maximum atomic E-state index is 6.53. The predicted molar refractivity (Wildman–Crippen MR) is 83.1 cm³/mol. The molecule has 0 N–H and O–H groups in total. The van der Waals surface area contributed by atoms with E-state index in [9.17, 15) is 0 Å². The first-order valence-electron chi connectivity index (χ1n) is 8.00. The van der Waals surface area contributed by atoms with Gasteiger partial charge in [0.15, 0.2) is 11.6 Å². The smallest absolute Gasteiger partial charge is 0.337 e. The summed E-state index contributed by atoms with van der Waals surface area (Å²) in [5, 5.41) is 0. The molecule has 0 bridgehead atoms. The Morgan fingerprint density at radius 3 is 2.60 bits per heavy atom. The molecule has 1 aliphatic heterocycles. The zero-order valence-electron chi connectivity index (χ0n) is 13.7. The summed E-state index contributed by atoms with van der Waals surface area (Å²) in [6.07, 6.45) is 11.3. The highest BCUT2D eigenvalue weighted by Gasteiger charge is 2.76. The molecule has 3 rings (SSSR count). The van der Waals surface area contributed by atoms with E-state index < -0.39 is 0 Å². The second kappa shape index (κ2) is 3.99. The van der Waals surface area contributed by atoms with Crippen LogP contribution < -0.4 is 0 Å². The average molecular weight is 274 g/mol. The quantitative estimate of drug-likeness (QED) is 0.695. The second-order valence-electron chi connectivity index (χ2n) is 7.45. The van der Waals surface area contributed by atoms with Gasteiger partial charge in [-0.3, -0.25) is 0 Å². The van der Waals surface area contributed by atoms with Crippen LogP contribution in [0.1, 0.15) is 54.4 Å². The van der Waals surface area contributed by atoms with Crippen molar-refractivity contribution in [1.82, 2.24) is 0 Å². The van der Waals surface area contributed by atoms with Crippen LogP contribution >= 0.6 is 0 Å². The molecule has 110 valence electrons. The van der Waals surface area contributed by atoms with Gasteiger partial charge in [-0.25, -0.2) is 0 Å². The molecule has 2 heteroatoms. The van der Waals surface area contributed by atoms with E-state index in [-0.39, 0.29) is 16.6 Å². The van der Waals surface area contributed by atoms with Crippen molar-refractivity contribution < 1.29 is 9.31 Å². The minimum atomic E-state index is -0.0962. The van der Waals surface area contributed by atoms with Gasteiger partial charge in [0.05, 0.1) is 11.8 Å². The minimum absolute atomic E-state index is 0.0193. The number of hydrogen-bond acceptors (Lipinski definition) is 1. The Kier molecular flexibility index (Phi) is 2.78. The van der Waals surface area contributed by atoms with E-state index in [1.807, 2.05) is 0 Å². The summed E-state index contributed by atoms with van der Waals surface area (Å²) in [6.45, 7) is 13.9. The lowest BCUT2D eigenvalue weighted by molar-refractivity contribution is -0.642. The van der Waals surface area contributed by atoms with Crippen LogP contribution in [0.2, 0.25) is 0 Å². The topological polar surface area (TPSA) is 12.2 Å². The van der Waals surface area contributed by atoms with E-state index >= 15 is 0 Å². The minimum Gasteiger partial charge on any atom is -0.434 e. The Bertz CT molecular complexity index is 530. The predicted octanol–water partition coefficient (Wildman–Crippen LogP) is 3.92. The van der Waals surface area contributed by atoms with E-state index in [2.05, 4.69) is 70.4 Å². The lowest BCUT2D eigenvalue weighted by Gasteiger charge is -2.41. The van der Waals surface area contributed by atoms with E-state index in [1.165, 1.54) is 5.90 Å². The molecular formula is C18H28NO+. The Morgan fingerprint density at radius 1 is 1.30 bits per heavy atom. The monoisotopic (exact) mass is 274 g/mol. The molecule has 0 radical (unpaired) electrons. The number of allylic oxidation sites excluding steroid dienone is 3. The van der Waals surface area contributed by atoms with Crippen molar-refractivity contribution in [2.24, 2.45) is 11.3 Å². The van der Waals surface area contributed by atoms with Crippen molar-refractivity contribution in [3.05, 3.63) is 24.3 Å². The lowest BCUT2D eigenvalue weighted by atomic mass is 9.65. The van der Waals surface area contributed by atoms with Crippen molar-refractivity contribution in [3.63, 3.8) is 0 Å². The molecule has 1 saturated carbocycles. The summed E-state index contributed by atoms with van der Waals surface area (Å²) in [4.78, 5) is 0. The maximum Gasteiger partial charge on any atom is 0.337 e. The van der Waals surface area contributed by atoms with Gasteiger partial charge in [-0.15, -0.1) is 0 Å². The summed E-state index contributed by atoms with van der Waals surface area (Å²) in [7, 11) is 0. The van der Waals surface area contributed by atoms with Gasteiger partial charge in [0.25, 0.3) is 0 Å². The Labute approximate surface area is 123 Å². The highest BCUT2D eigenvalue weighted by molar-refractivity contribution is 5.73. The van der Waals surface area contributed by atoms with Crippen molar-refractivity contribution >= 4 is 5.90 Å². The van der Waals surface area contributed by atoms with Gasteiger partial charge in [-0.05, 0) is 33.6 Å². The van der Waals surface area contributed by atoms with Crippen molar-refractivity contribution in [2.75, 3.05) is 0 Å². The van der Waals surface area contributed by atoms with Crippen LogP contribution in [0.3, 0.4) is 0 Å². The molecule has 0 amide bonds. The maximum absolute atomic E-state index is 6.53. The molecular weight excluding hydrogens is 246 g/mol. The van der Waals surface area contributed by atoms with Crippen LogP contribution in [-0.2, 0) is 4.74 Å². The van der Waals surface area contributed by atoms with Crippen LogP contribution in [0.4, 0.5) is 0 Å². The van der Waals surface area contributed by atoms with Crippen LogP contribution in [0.25, 0.3) is 0 Å². The molecule has 0 aromatic rings. The number of fused-ring (bicyclic) bond motifs is 3. The van der Waals surface area contributed by atoms with Gasteiger partial charge in [0.2, 0.25) is 5.54 Å². The number of rotatable bonds is 2. The van der Waals surface area contributed by atoms with Gasteiger partial charge >= 0.3 is 5.90 Å². The average Bonchev–Trinajstić information content (AvgIpc) is 2.71. The van der Waals surface area contributed by atoms with Crippen LogP contribution in [0.15, 0.2) is 24.3 Å². The third-order valence-corrected chi connectivity index (χ3v) is 6.27. The van der Waals surface area contributed by atoms with Crippen molar-refractivity contribution in [1.29, 1.82) is 0 Å². The third-order valence-electron chi connectivity index (χ3n) is 6.27. The molecule has 0 aromatic carbocycles. The van der Waals surface area contributed by atoms with Gasteiger partial charge in [0.1, 0.15) is 0 Å². The van der Waals surface area contributed by atoms with E-state index in [0.717, 1.165) is 12.8 Å². The van der Waals surface area contributed by atoms with Gasteiger partial charge in [0, 0.05) is 13.3 Å². The summed E-state index contributed by atoms with van der Waals surface area (Å²) < 4.78 is 9.10. The van der Waals surface area contributed by atoms with Crippen LogP contribution in [0.5, 0.6) is 0 Å². The van der Waals surface area contributed by atoms with Crippen molar-refractivity contribution in [2.45, 2.75) is 71.6 Å². The van der Waals surface area contributed by atoms with Gasteiger partial charge in [-0.2, -0.15) is 4.58 Å². The highest BCUT2D eigenvalue weighted by Crippen LogP contribution is 2.63. The largest absolute Gasteiger partial charge is 0.434 e. The molecule has 0 aromatic heterocycles. The highest BCUT2D eigenvalue weighted by atomic mass is 16.5. The summed E-state index contributed by atoms with van der Waals surface area (Å²) >= 11 is 0. The number of nitrogens with zero attached hydrogens (tertiary/aromatic N) is 1. The molecule has 0 spiro atoms. The molecule has 2 nitrogen and oxygen atoms in total. The Hall–Kier alpha value is -1.05. The molecule has 4 atom stereocenters. The van der Waals surface area contributed by atoms with E-state index in [4.69, 9.17) is 4.74 Å². The zero-order valence-corrected chi connectivity index (χ0v) is 13.7. The number of hydrogen-bond donors (Lipinski definition) is 0. The fourth-order valence-electron chi connectivity index (χ4n) is 5.03. The molecule has 20 heavy (non-hydrogen) atoms. The summed E-state index contributed by atoms with van der Waals surface area (Å²) in [6, 6.07) is 0.464. The van der Waals surface area contributed by atoms with E-state index in [0.29, 0.717) is 12.0 Å². The summed E-state index contributed by atoms with van der Waals surface area (Å²) in [5.41, 5.74) is 0.0597. The van der Waals surface area contributed by atoms with Crippen LogP contribution in [-0.4, -0.2) is 27.7 Å². The second-order valence-corrected chi connectivity index (χ2v) is 7.45. The molecule has 2 unspecified atom stereocenters. The van der Waals surface area contributed by atoms with Gasteiger partial charge in [-0.1, -0.05) is 31.2 Å². The van der Waals surface area contributed by atoms with Crippen molar-refractivity contribution in [3.8, 4) is 0 Å². The first-order valence-corrected chi connectivity index (χ1v) is 8.00. The van der Waals surface area contributed by atoms with Gasteiger partial charge < -0.3 is 4.74 Å². The Balaban J connectivity index is 2.23. The first kappa shape index (κ1) is 13.9. The molecule has 3 aliphatic rings. The molecule has 1 heterocycles. The fourth-order valence-corrected chi connectivity index (χ4v) is 5.03.